The highest BCUT2D eigenvalue weighted by molar-refractivity contribution is 5.92. The van der Waals surface area contributed by atoms with Crippen LogP contribution in [0.4, 0.5) is 5.69 Å². The number of anilines is 1. The van der Waals surface area contributed by atoms with Crippen molar-refractivity contribution in [1.29, 1.82) is 0 Å². The first-order valence-corrected chi connectivity index (χ1v) is 17.1. The van der Waals surface area contributed by atoms with Gasteiger partial charge in [0.2, 0.25) is 11.8 Å². The Hall–Kier alpha value is -3.31. The number of hydrogen-bond acceptors (Lipinski definition) is 7. The summed E-state index contributed by atoms with van der Waals surface area (Å²) in [7, 11) is 0. The number of fused-ring (bicyclic) bond motifs is 1. The quantitative estimate of drug-likeness (QED) is 0.257. The van der Waals surface area contributed by atoms with Gasteiger partial charge in [-0.25, -0.2) is 0 Å². The molecule has 10 nitrogen and oxygen atoms in total. The number of nitrogens with zero attached hydrogens (tertiary/aromatic N) is 1. The number of aliphatic hydroxyl groups is 1. The minimum atomic E-state index is -1.03. The molecule has 1 saturated carbocycles. The van der Waals surface area contributed by atoms with Gasteiger partial charge in [-0.05, 0) is 75.6 Å². The van der Waals surface area contributed by atoms with E-state index in [4.69, 9.17) is 14.6 Å². The van der Waals surface area contributed by atoms with Crippen LogP contribution in [0, 0.1) is 11.8 Å². The van der Waals surface area contributed by atoms with E-state index in [9.17, 15) is 19.5 Å². The van der Waals surface area contributed by atoms with Crippen LogP contribution in [0.3, 0.4) is 0 Å². The molecule has 0 aromatic heterocycles. The maximum absolute atomic E-state index is 13.8. The first kappa shape index (κ1) is 35.0. The van der Waals surface area contributed by atoms with Gasteiger partial charge in [0.15, 0.2) is 6.29 Å². The molecular weight excluding hydrogens is 598 g/mol. The largest absolute Gasteiger partial charge is 0.481 e. The van der Waals surface area contributed by atoms with Crippen LogP contribution in [0.2, 0.25) is 0 Å². The number of ether oxygens (including phenoxy) is 2. The Morgan fingerprint density at radius 1 is 0.936 bits per heavy atom. The molecular formula is C37H51N3O7. The van der Waals surface area contributed by atoms with Crippen molar-refractivity contribution in [1.82, 2.24) is 10.2 Å². The molecule has 3 aliphatic rings. The number of benzene rings is 2. The molecule has 3 fully saturated rings. The Labute approximate surface area is 278 Å². The molecule has 5 rings (SSSR count). The van der Waals surface area contributed by atoms with Gasteiger partial charge in [0.05, 0.1) is 31.3 Å². The molecule has 256 valence electrons. The smallest absolute Gasteiger partial charge is 0.303 e. The number of piperidine rings is 1. The molecule has 2 saturated heterocycles. The van der Waals surface area contributed by atoms with Crippen molar-refractivity contribution in [2.75, 3.05) is 11.9 Å². The van der Waals surface area contributed by atoms with Crippen LogP contribution in [0.5, 0.6) is 0 Å². The number of rotatable bonds is 10. The van der Waals surface area contributed by atoms with Crippen LogP contribution in [0.1, 0.15) is 108 Å². The van der Waals surface area contributed by atoms with E-state index in [0.29, 0.717) is 24.2 Å². The number of carbonyl (C=O) groups is 3. The van der Waals surface area contributed by atoms with Crippen molar-refractivity contribution in [2.45, 2.75) is 122 Å². The van der Waals surface area contributed by atoms with E-state index >= 15 is 0 Å². The van der Waals surface area contributed by atoms with Crippen molar-refractivity contribution >= 4 is 23.5 Å². The Kier molecular flexibility index (Phi) is 11.4. The SMILES string of the molecule is CC1C(CN2C(C(=O)NC(C)(C)C)CCC3CCCCC32)OC(c2cccc(NC(=O)CCC(=O)O)c2)OC1c1ccc(CO)cc1. The van der Waals surface area contributed by atoms with Gasteiger partial charge in [0.25, 0.3) is 0 Å². The topological polar surface area (TPSA) is 137 Å². The fourth-order valence-corrected chi connectivity index (χ4v) is 7.47. The summed E-state index contributed by atoms with van der Waals surface area (Å²) >= 11 is 0. The van der Waals surface area contributed by atoms with E-state index in [-0.39, 0.29) is 61.0 Å². The monoisotopic (exact) mass is 649 g/mol. The fraction of sp³-hybridized carbons (Fsp3) is 0.595. The molecule has 2 heterocycles. The minimum absolute atomic E-state index is 0.0454. The van der Waals surface area contributed by atoms with Gasteiger partial charge < -0.3 is 30.3 Å². The second-order valence-electron chi connectivity index (χ2n) is 14.5. The first-order chi connectivity index (χ1) is 22.4. The van der Waals surface area contributed by atoms with Crippen molar-refractivity contribution in [2.24, 2.45) is 11.8 Å². The molecule has 0 spiro atoms. The molecule has 2 amide bonds. The summed E-state index contributed by atoms with van der Waals surface area (Å²) < 4.78 is 13.5. The lowest BCUT2D eigenvalue weighted by atomic mass is 9.75. The molecule has 2 aromatic carbocycles. The zero-order chi connectivity index (χ0) is 33.7. The second kappa shape index (κ2) is 15.3. The van der Waals surface area contributed by atoms with E-state index in [2.05, 4.69) is 22.5 Å². The van der Waals surface area contributed by atoms with Crippen LogP contribution < -0.4 is 10.6 Å². The lowest BCUT2D eigenvalue weighted by Gasteiger charge is -2.51. The first-order valence-electron chi connectivity index (χ1n) is 17.1. The summed E-state index contributed by atoms with van der Waals surface area (Å²) in [5, 5.41) is 24.6. The van der Waals surface area contributed by atoms with Crippen LogP contribution >= 0.6 is 0 Å². The molecule has 47 heavy (non-hydrogen) atoms. The lowest BCUT2D eigenvalue weighted by molar-refractivity contribution is -0.278. The summed E-state index contributed by atoms with van der Waals surface area (Å²) in [5.41, 5.74) is 2.72. The molecule has 2 aliphatic heterocycles. The number of aliphatic hydroxyl groups excluding tert-OH is 1. The zero-order valence-corrected chi connectivity index (χ0v) is 28.1. The van der Waals surface area contributed by atoms with Gasteiger partial charge in [0.1, 0.15) is 0 Å². The highest BCUT2D eigenvalue weighted by Crippen LogP contribution is 2.44. The van der Waals surface area contributed by atoms with Crippen molar-refractivity contribution in [3.63, 3.8) is 0 Å². The predicted molar refractivity (Wildman–Crippen MR) is 178 cm³/mol. The number of carbonyl (C=O) groups excluding carboxylic acids is 2. The van der Waals surface area contributed by atoms with Crippen LogP contribution in [-0.2, 0) is 30.5 Å². The molecule has 1 aliphatic carbocycles. The third-order valence-electron chi connectivity index (χ3n) is 9.83. The summed E-state index contributed by atoms with van der Waals surface area (Å²) in [6.07, 6.45) is 4.81. The second-order valence-corrected chi connectivity index (χ2v) is 14.5. The van der Waals surface area contributed by atoms with E-state index in [1.54, 1.807) is 12.1 Å². The van der Waals surface area contributed by atoms with Crippen LogP contribution in [0.25, 0.3) is 0 Å². The summed E-state index contributed by atoms with van der Waals surface area (Å²) in [6, 6.07) is 15.1. The number of carboxylic acids is 1. The molecule has 4 N–H and O–H groups in total. The van der Waals surface area contributed by atoms with Gasteiger partial charge in [-0.1, -0.05) is 56.2 Å². The van der Waals surface area contributed by atoms with Gasteiger partial charge in [-0.3, -0.25) is 19.3 Å². The highest BCUT2D eigenvalue weighted by Gasteiger charge is 2.46. The van der Waals surface area contributed by atoms with Gasteiger partial charge in [-0.15, -0.1) is 0 Å². The summed E-state index contributed by atoms with van der Waals surface area (Å²) in [4.78, 5) is 39.5. The minimum Gasteiger partial charge on any atom is -0.481 e. The third kappa shape index (κ3) is 8.99. The number of likely N-dealkylation sites (tertiary alicyclic amines) is 1. The number of aliphatic carboxylic acids is 1. The standard InChI is InChI=1S/C37H51N3O7/c1-23-31(21-40-29-11-6-5-8-25(29)16-17-30(40)35(45)39-37(2,3)4)46-36(47-34(23)26-14-12-24(22-41)13-15-26)27-9-7-10-28(20-27)38-32(42)18-19-33(43)44/h7,9-10,12-15,20,23,25,29-31,34,36,41H,5-6,8,11,16-19,21-22H2,1-4H3,(H,38,42)(H,39,45)(H,43,44). The zero-order valence-electron chi connectivity index (χ0n) is 28.1. The molecule has 2 aromatic rings. The van der Waals surface area contributed by atoms with Crippen molar-refractivity contribution in [3.8, 4) is 0 Å². The Morgan fingerprint density at radius 2 is 1.68 bits per heavy atom. The third-order valence-corrected chi connectivity index (χ3v) is 9.83. The Morgan fingerprint density at radius 3 is 2.38 bits per heavy atom. The number of nitrogens with one attached hydrogen (secondary N) is 2. The highest BCUT2D eigenvalue weighted by atomic mass is 16.7. The van der Waals surface area contributed by atoms with Crippen LogP contribution in [-0.4, -0.2) is 63.2 Å². The summed E-state index contributed by atoms with van der Waals surface area (Å²) in [6.45, 7) is 8.73. The van der Waals surface area contributed by atoms with E-state index < -0.39 is 12.3 Å². The van der Waals surface area contributed by atoms with Crippen LogP contribution in [0.15, 0.2) is 48.5 Å². The van der Waals surface area contributed by atoms with Crippen molar-refractivity contribution in [3.05, 3.63) is 65.2 Å². The van der Waals surface area contributed by atoms with E-state index in [1.165, 1.54) is 12.8 Å². The average molecular weight is 650 g/mol. The fourth-order valence-electron chi connectivity index (χ4n) is 7.47. The lowest BCUT2D eigenvalue weighted by Crippen LogP contribution is -2.61. The summed E-state index contributed by atoms with van der Waals surface area (Å²) in [5.74, 6) is -0.824. The van der Waals surface area contributed by atoms with Gasteiger partial charge in [0, 0.05) is 41.7 Å². The molecule has 7 atom stereocenters. The van der Waals surface area contributed by atoms with E-state index in [0.717, 1.165) is 42.4 Å². The predicted octanol–water partition coefficient (Wildman–Crippen LogP) is 5.71. The van der Waals surface area contributed by atoms with E-state index in [1.807, 2.05) is 57.2 Å². The maximum atomic E-state index is 13.8. The molecule has 0 bridgehead atoms. The average Bonchev–Trinajstić information content (AvgIpc) is 3.04. The maximum Gasteiger partial charge on any atom is 0.303 e. The van der Waals surface area contributed by atoms with Gasteiger partial charge in [-0.2, -0.15) is 0 Å². The van der Waals surface area contributed by atoms with Gasteiger partial charge >= 0.3 is 5.97 Å². The number of amides is 2. The Bertz CT molecular complexity index is 1390. The number of hydrogen-bond donors (Lipinski definition) is 4. The Balaban J connectivity index is 1.44. The van der Waals surface area contributed by atoms with Crippen molar-refractivity contribution < 1.29 is 34.1 Å². The molecule has 0 radical (unpaired) electrons. The molecule has 7 unspecified atom stereocenters. The molecule has 10 heteroatoms. The number of carboxylic acid groups (broad SMARTS) is 1. The normalized spacial score (nSPS) is 28.2.